The van der Waals surface area contributed by atoms with E-state index in [9.17, 15) is 9.18 Å². The lowest BCUT2D eigenvalue weighted by Gasteiger charge is -2.18. The number of benzene rings is 2. The average Bonchev–Trinajstić information content (AvgIpc) is 3.14. The van der Waals surface area contributed by atoms with E-state index in [1.165, 1.54) is 23.5 Å². The van der Waals surface area contributed by atoms with E-state index in [1.54, 1.807) is 12.1 Å². The molecule has 5 heteroatoms. The number of thiophene rings is 1. The number of carbonyl (C=O) groups excluding carboxylic acids is 1. The first-order valence-corrected chi connectivity index (χ1v) is 8.77. The Morgan fingerprint density at radius 1 is 1.12 bits per heavy atom. The van der Waals surface area contributed by atoms with E-state index < -0.39 is 0 Å². The summed E-state index contributed by atoms with van der Waals surface area (Å²) in [5.41, 5.74) is 1.96. The first-order chi connectivity index (χ1) is 12.1. The summed E-state index contributed by atoms with van der Waals surface area (Å²) in [7, 11) is 0. The lowest BCUT2D eigenvalue weighted by atomic mass is 10.1. The number of halogens is 1. The van der Waals surface area contributed by atoms with Crippen LogP contribution in [0.25, 0.3) is 0 Å². The summed E-state index contributed by atoms with van der Waals surface area (Å²) in [4.78, 5) is 13.3. The second kappa shape index (κ2) is 7.94. The summed E-state index contributed by atoms with van der Waals surface area (Å²) in [6.45, 7) is 1.91. The molecule has 3 rings (SSSR count). The molecule has 0 aliphatic heterocycles. The van der Waals surface area contributed by atoms with Crippen LogP contribution in [0.2, 0.25) is 0 Å². The van der Waals surface area contributed by atoms with E-state index in [1.807, 2.05) is 48.7 Å². The highest BCUT2D eigenvalue weighted by Gasteiger charge is 2.18. The van der Waals surface area contributed by atoms with Gasteiger partial charge in [0.05, 0.1) is 6.04 Å². The molecule has 1 N–H and O–H groups in total. The van der Waals surface area contributed by atoms with Crippen molar-refractivity contribution in [3.05, 3.63) is 87.9 Å². The topological polar surface area (TPSA) is 38.3 Å². The molecule has 128 valence electrons. The van der Waals surface area contributed by atoms with E-state index in [0.717, 1.165) is 16.0 Å². The van der Waals surface area contributed by atoms with Gasteiger partial charge in [-0.2, -0.15) is 0 Å². The van der Waals surface area contributed by atoms with Gasteiger partial charge in [-0.25, -0.2) is 4.39 Å². The van der Waals surface area contributed by atoms with Crippen LogP contribution < -0.4 is 10.1 Å². The van der Waals surface area contributed by atoms with Gasteiger partial charge >= 0.3 is 0 Å². The Balaban J connectivity index is 1.68. The van der Waals surface area contributed by atoms with Gasteiger partial charge in [0.1, 0.15) is 11.6 Å². The Labute approximate surface area is 150 Å². The van der Waals surface area contributed by atoms with E-state index in [-0.39, 0.29) is 24.4 Å². The lowest BCUT2D eigenvalue weighted by molar-refractivity contribution is -0.123. The molecule has 1 aromatic heterocycles. The maximum Gasteiger partial charge on any atom is 0.258 e. The Morgan fingerprint density at radius 3 is 2.48 bits per heavy atom. The number of aryl methyl sites for hydroxylation is 1. The smallest absolute Gasteiger partial charge is 0.258 e. The molecule has 0 spiro atoms. The van der Waals surface area contributed by atoms with Crippen LogP contribution in [0.5, 0.6) is 5.75 Å². The molecule has 0 aliphatic carbocycles. The molecule has 3 aromatic rings. The Morgan fingerprint density at radius 2 is 1.84 bits per heavy atom. The van der Waals surface area contributed by atoms with Crippen molar-refractivity contribution in [2.45, 2.75) is 13.0 Å². The van der Waals surface area contributed by atoms with Crippen molar-refractivity contribution < 1.29 is 13.9 Å². The van der Waals surface area contributed by atoms with E-state index in [0.29, 0.717) is 5.75 Å². The predicted octanol–water partition coefficient (Wildman–Crippen LogP) is 4.48. The zero-order chi connectivity index (χ0) is 17.6. The summed E-state index contributed by atoms with van der Waals surface area (Å²) in [6.07, 6.45) is 0. The molecule has 0 bridgehead atoms. The van der Waals surface area contributed by atoms with E-state index >= 15 is 0 Å². The minimum Gasteiger partial charge on any atom is -0.484 e. The quantitative estimate of drug-likeness (QED) is 0.708. The number of carbonyl (C=O) groups is 1. The first kappa shape index (κ1) is 17.2. The molecule has 0 fully saturated rings. The lowest BCUT2D eigenvalue weighted by Crippen LogP contribution is -2.32. The fourth-order valence-corrected chi connectivity index (χ4v) is 3.22. The standard InChI is InChI=1S/C20H18FNO2S/c1-14-4-10-17(11-5-14)24-13-19(23)22-20(18-3-2-12-25-18)15-6-8-16(21)9-7-15/h2-12,20H,13H2,1H3,(H,22,23)/t20-/m0/s1. The van der Waals surface area contributed by atoms with Crippen LogP contribution in [-0.2, 0) is 4.79 Å². The van der Waals surface area contributed by atoms with Crippen LogP contribution in [-0.4, -0.2) is 12.5 Å². The molecule has 1 heterocycles. The second-order valence-electron chi connectivity index (χ2n) is 5.67. The van der Waals surface area contributed by atoms with Crippen LogP contribution in [0, 0.1) is 12.7 Å². The summed E-state index contributed by atoms with van der Waals surface area (Å²) in [5.74, 6) is 0.112. The van der Waals surface area contributed by atoms with Crippen molar-refractivity contribution in [1.82, 2.24) is 5.32 Å². The highest BCUT2D eigenvalue weighted by atomic mass is 32.1. The zero-order valence-electron chi connectivity index (χ0n) is 13.7. The van der Waals surface area contributed by atoms with Crippen LogP contribution in [0.15, 0.2) is 66.0 Å². The van der Waals surface area contributed by atoms with Crippen LogP contribution in [0.1, 0.15) is 22.0 Å². The minimum absolute atomic E-state index is 0.0773. The molecule has 1 atom stereocenters. The maximum atomic E-state index is 13.2. The molecule has 2 aromatic carbocycles. The van der Waals surface area contributed by atoms with Crippen LogP contribution in [0.4, 0.5) is 4.39 Å². The van der Waals surface area contributed by atoms with Crippen LogP contribution >= 0.6 is 11.3 Å². The number of nitrogens with one attached hydrogen (secondary N) is 1. The molecule has 0 saturated carbocycles. The largest absolute Gasteiger partial charge is 0.484 e. The molecule has 0 radical (unpaired) electrons. The van der Waals surface area contributed by atoms with Gasteiger partial charge < -0.3 is 10.1 Å². The van der Waals surface area contributed by atoms with Gasteiger partial charge in [0.15, 0.2) is 6.61 Å². The fourth-order valence-electron chi connectivity index (χ4n) is 2.42. The monoisotopic (exact) mass is 355 g/mol. The van der Waals surface area contributed by atoms with Gasteiger partial charge in [0.2, 0.25) is 0 Å². The van der Waals surface area contributed by atoms with E-state index in [2.05, 4.69) is 5.32 Å². The third kappa shape index (κ3) is 4.67. The molecule has 3 nitrogen and oxygen atoms in total. The number of ether oxygens (including phenoxy) is 1. The van der Waals surface area contributed by atoms with Gasteiger partial charge in [0.25, 0.3) is 5.91 Å². The van der Waals surface area contributed by atoms with Crippen molar-refractivity contribution in [2.24, 2.45) is 0 Å². The fraction of sp³-hybridized carbons (Fsp3) is 0.150. The molecular weight excluding hydrogens is 337 g/mol. The SMILES string of the molecule is Cc1ccc(OCC(=O)N[C@@H](c2ccc(F)cc2)c2cccs2)cc1. The van der Waals surface area contributed by atoms with Gasteiger partial charge in [0, 0.05) is 4.88 Å². The summed E-state index contributed by atoms with van der Waals surface area (Å²) < 4.78 is 18.7. The molecule has 0 unspecified atom stereocenters. The Kier molecular flexibility index (Phi) is 5.46. The molecule has 25 heavy (non-hydrogen) atoms. The number of hydrogen-bond donors (Lipinski definition) is 1. The summed E-state index contributed by atoms with van der Waals surface area (Å²) in [5, 5.41) is 4.91. The minimum atomic E-state index is -0.324. The van der Waals surface area contributed by atoms with Gasteiger partial charge in [-0.1, -0.05) is 35.9 Å². The van der Waals surface area contributed by atoms with Crippen molar-refractivity contribution in [2.75, 3.05) is 6.61 Å². The molecule has 1 amide bonds. The second-order valence-corrected chi connectivity index (χ2v) is 6.65. The predicted molar refractivity (Wildman–Crippen MR) is 97.4 cm³/mol. The Bertz CT molecular complexity index is 814. The third-order valence-electron chi connectivity index (χ3n) is 3.73. The summed E-state index contributed by atoms with van der Waals surface area (Å²) >= 11 is 1.54. The highest BCUT2D eigenvalue weighted by Crippen LogP contribution is 2.26. The number of amides is 1. The van der Waals surface area contributed by atoms with Gasteiger partial charge in [-0.15, -0.1) is 11.3 Å². The zero-order valence-corrected chi connectivity index (χ0v) is 14.6. The van der Waals surface area contributed by atoms with E-state index in [4.69, 9.17) is 4.74 Å². The van der Waals surface area contributed by atoms with Gasteiger partial charge in [-0.3, -0.25) is 4.79 Å². The first-order valence-electron chi connectivity index (χ1n) is 7.89. The van der Waals surface area contributed by atoms with Crippen molar-refractivity contribution >= 4 is 17.2 Å². The summed E-state index contributed by atoms with van der Waals surface area (Å²) in [6, 6.07) is 17.2. The number of rotatable bonds is 6. The maximum absolute atomic E-state index is 13.2. The number of hydrogen-bond acceptors (Lipinski definition) is 3. The highest BCUT2D eigenvalue weighted by molar-refractivity contribution is 7.10. The van der Waals surface area contributed by atoms with Gasteiger partial charge in [-0.05, 0) is 48.2 Å². The average molecular weight is 355 g/mol. The van der Waals surface area contributed by atoms with Crippen molar-refractivity contribution in [3.63, 3.8) is 0 Å². The normalized spacial score (nSPS) is 11.8. The molecular formula is C20H18FNO2S. The van der Waals surface area contributed by atoms with Crippen molar-refractivity contribution in [3.8, 4) is 5.75 Å². The Hall–Kier alpha value is -2.66. The van der Waals surface area contributed by atoms with Crippen LogP contribution in [0.3, 0.4) is 0 Å². The third-order valence-corrected chi connectivity index (χ3v) is 4.66. The molecule has 0 aliphatic rings. The molecule has 0 saturated heterocycles. The van der Waals surface area contributed by atoms with Crippen molar-refractivity contribution in [1.29, 1.82) is 0 Å².